The Hall–Kier alpha value is -1.13. The van der Waals surface area contributed by atoms with Crippen LogP contribution < -0.4 is 0 Å². The third-order valence-corrected chi connectivity index (χ3v) is 1.00. The summed E-state index contributed by atoms with van der Waals surface area (Å²) in [4.78, 5) is 0. The number of hydrogen-bond acceptors (Lipinski definition) is 2. The summed E-state index contributed by atoms with van der Waals surface area (Å²) in [5, 5.41) is 6.01. The summed E-state index contributed by atoms with van der Waals surface area (Å²) < 4.78 is 35.5. The highest BCUT2D eigenvalue weighted by Gasteiger charge is 2.32. The SMILES string of the molecule is [CH2]c1cnnc(C(F)(F)F)c1. The van der Waals surface area contributed by atoms with Crippen molar-refractivity contribution in [2.75, 3.05) is 0 Å². The minimum absolute atomic E-state index is 0.201. The fourth-order valence-corrected chi connectivity index (χ4v) is 0.545. The van der Waals surface area contributed by atoms with E-state index in [0.29, 0.717) is 0 Å². The van der Waals surface area contributed by atoms with Crippen molar-refractivity contribution in [3.05, 3.63) is 30.4 Å². The van der Waals surface area contributed by atoms with Crippen LogP contribution in [0.1, 0.15) is 11.3 Å². The van der Waals surface area contributed by atoms with Gasteiger partial charge in [0, 0.05) is 0 Å². The zero-order valence-corrected chi connectivity index (χ0v) is 5.39. The zero-order chi connectivity index (χ0) is 8.48. The van der Waals surface area contributed by atoms with Gasteiger partial charge in [-0.05, 0) is 18.6 Å². The Labute approximate surface area is 61.1 Å². The molecular formula is C6H4F3N2. The average molecular weight is 161 g/mol. The topological polar surface area (TPSA) is 25.8 Å². The number of hydrogen-bond donors (Lipinski definition) is 0. The summed E-state index contributed by atoms with van der Waals surface area (Å²) in [6, 6.07) is 0.840. The molecule has 0 aliphatic heterocycles. The van der Waals surface area contributed by atoms with Gasteiger partial charge in [-0.15, -0.1) is 5.10 Å². The predicted octanol–water partition coefficient (Wildman–Crippen LogP) is 1.68. The van der Waals surface area contributed by atoms with Gasteiger partial charge in [-0.2, -0.15) is 18.3 Å². The van der Waals surface area contributed by atoms with Gasteiger partial charge < -0.3 is 0 Å². The molecule has 0 spiro atoms. The highest BCUT2D eigenvalue weighted by atomic mass is 19.4. The Morgan fingerprint density at radius 2 is 2.00 bits per heavy atom. The second-order valence-corrected chi connectivity index (χ2v) is 1.95. The van der Waals surface area contributed by atoms with Crippen molar-refractivity contribution in [1.82, 2.24) is 10.2 Å². The Morgan fingerprint density at radius 3 is 2.36 bits per heavy atom. The largest absolute Gasteiger partial charge is 0.435 e. The molecular weight excluding hydrogens is 157 g/mol. The van der Waals surface area contributed by atoms with Crippen molar-refractivity contribution < 1.29 is 13.2 Å². The number of aromatic nitrogens is 2. The van der Waals surface area contributed by atoms with Crippen molar-refractivity contribution in [3.63, 3.8) is 0 Å². The van der Waals surface area contributed by atoms with E-state index in [1.807, 2.05) is 0 Å². The molecule has 59 valence electrons. The van der Waals surface area contributed by atoms with E-state index in [2.05, 4.69) is 17.1 Å². The molecule has 0 aliphatic rings. The summed E-state index contributed by atoms with van der Waals surface area (Å²) in [5.74, 6) is 0. The molecule has 0 fully saturated rings. The van der Waals surface area contributed by atoms with Gasteiger partial charge in [0.2, 0.25) is 0 Å². The Kier molecular flexibility index (Phi) is 1.80. The van der Waals surface area contributed by atoms with Gasteiger partial charge in [-0.25, -0.2) is 0 Å². The molecule has 0 saturated carbocycles. The van der Waals surface area contributed by atoms with E-state index in [-0.39, 0.29) is 5.56 Å². The Morgan fingerprint density at radius 1 is 1.36 bits per heavy atom. The van der Waals surface area contributed by atoms with Crippen LogP contribution in [-0.4, -0.2) is 10.2 Å². The third kappa shape index (κ3) is 1.89. The van der Waals surface area contributed by atoms with Crippen LogP contribution >= 0.6 is 0 Å². The first-order chi connectivity index (χ1) is 5.00. The lowest BCUT2D eigenvalue weighted by Gasteiger charge is -2.03. The minimum Gasteiger partial charge on any atom is -0.164 e. The lowest BCUT2D eigenvalue weighted by molar-refractivity contribution is -0.141. The zero-order valence-electron chi connectivity index (χ0n) is 5.39. The standard InChI is InChI=1S/C6H4F3N2/c1-4-2-5(6(7,8)9)11-10-3-4/h2-3H,1H2. The molecule has 11 heavy (non-hydrogen) atoms. The molecule has 0 saturated heterocycles. The normalized spacial score (nSPS) is 11.6. The second kappa shape index (κ2) is 2.48. The molecule has 0 bridgehead atoms. The van der Waals surface area contributed by atoms with Crippen molar-refractivity contribution in [1.29, 1.82) is 0 Å². The van der Waals surface area contributed by atoms with Gasteiger partial charge in [-0.3, -0.25) is 0 Å². The highest BCUT2D eigenvalue weighted by molar-refractivity contribution is 5.16. The number of alkyl halides is 3. The van der Waals surface area contributed by atoms with E-state index >= 15 is 0 Å². The minimum atomic E-state index is -4.43. The van der Waals surface area contributed by atoms with E-state index in [9.17, 15) is 13.2 Å². The Bertz CT molecular complexity index is 256. The third-order valence-electron chi connectivity index (χ3n) is 1.00. The molecule has 1 radical (unpaired) electrons. The second-order valence-electron chi connectivity index (χ2n) is 1.95. The molecule has 0 unspecified atom stereocenters. The van der Waals surface area contributed by atoms with Gasteiger partial charge in [0.1, 0.15) is 0 Å². The summed E-state index contributed by atoms with van der Waals surface area (Å²) in [5.41, 5.74) is -0.808. The smallest absolute Gasteiger partial charge is 0.164 e. The van der Waals surface area contributed by atoms with Crippen LogP contribution in [0.15, 0.2) is 12.3 Å². The van der Waals surface area contributed by atoms with Crippen molar-refractivity contribution in [2.24, 2.45) is 0 Å². The predicted molar refractivity (Wildman–Crippen MR) is 31.5 cm³/mol. The first-order valence-corrected chi connectivity index (χ1v) is 2.72. The Balaban J connectivity index is 3.06. The molecule has 5 heteroatoms. The summed E-state index contributed by atoms with van der Waals surface area (Å²) in [6.07, 6.45) is -3.27. The monoisotopic (exact) mass is 161 g/mol. The summed E-state index contributed by atoms with van der Waals surface area (Å²) in [6.45, 7) is 3.29. The van der Waals surface area contributed by atoms with Crippen LogP contribution in [0.2, 0.25) is 0 Å². The maximum Gasteiger partial charge on any atom is 0.435 e. The van der Waals surface area contributed by atoms with Crippen molar-refractivity contribution in [2.45, 2.75) is 6.18 Å². The van der Waals surface area contributed by atoms with Crippen LogP contribution in [0.5, 0.6) is 0 Å². The first kappa shape index (κ1) is 7.97. The molecule has 1 rings (SSSR count). The van der Waals surface area contributed by atoms with Gasteiger partial charge in [0.15, 0.2) is 5.69 Å². The van der Waals surface area contributed by atoms with Crippen LogP contribution in [0.25, 0.3) is 0 Å². The average Bonchev–Trinajstić information content (AvgIpc) is 1.86. The summed E-state index contributed by atoms with van der Waals surface area (Å²) >= 11 is 0. The van der Waals surface area contributed by atoms with Gasteiger partial charge >= 0.3 is 6.18 Å². The quantitative estimate of drug-likeness (QED) is 0.578. The van der Waals surface area contributed by atoms with Crippen LogP contribution in [-0.2, 0) is 6.18 Å². The van der Waals surface area contributed by atoms with Gasteiger partial charge in [-0.1, -0.05) is 0 Å². The maximum atomic E-state index is 11.8. The lowest BCUT2D eigenvalue weighted by Crippen LogP contribution is -2.08. The van der Waals surface area contributed by atoms with Gasteiger partial charge in [0.05, 0.1) is 6.20 Å². The van der Waals surface area contributed by atoms with Crippen molar-refractivity contribution in [3.8, 4) is 0 Å². The lowest BCUT2D eigenvalue weighted by atomic mass is 10.3. The molecule has 0 aliphatic carbocycles. The van der Waals surface area contributed by atoms with E-state index in [4.69, 9.17) is 0 Å². The van der Waals surface area contributed by atoms with E-state index in [0.717, 1.165) is 12.3 Å². The van der Waals surface area contributed by atoms with Crippen molar-refractivity contribution >= 4 is 0 Å². The van der Waals surface area contributed by atoms with Crippen LogP contribution in [0, 0.1) is 6.92 Å². The molecule has 0 aromatic carbocycles. The van der Waals surface area contributed by atoms with Gasteiger partial charge in [0.25, 0.3) is 0 Å². The number of rotatable bonds is 0. The summed E-state index contributed by atoms with van der Waals surface area (Å²) in [7, 11) is 0. The molecule has 1 aromatic heterocycles. The number of halogens is 3. The van der Waals surface area contributed by atoms with E-state index < -0.39 is 11.9 Å². The van der Waals surface area contributed by atoms with E-state index in [1.165, 1.54) is 0 Å². The molecule has 1 heterocycles. The fourth-order valence-electron chi connectivity index (χ4n) is 0.545. The maximum absolute atomic E-state index is 11.8. The molecule has 0 atom stereocenters. The molecule has 0 amide bonds. The number of nitrogens with zero attached hydrogens (tertiary/aromatic N) is 2. The first-order valence-electron chi connectivity index (χ1n) is 2.72. The van der Waals surface area contributed by atoms with Crippen LogP contribution in [0.4, 0.5) is 13.2 Å². The fraction of sp³-hybridized carbons (Fsp3) is 0.167. The van der Waals surface area contributed by atoms with E-state index in [1.54, 1.807) is 0 Å². The van der Waals surface area contributed by atoms with Crippen LogP contribution in [0.3, 0.4) is 0 Å². The molecule has 1 aromatic rings. The molecule has 0 N–H and O–H groups in total. The molecule has 2 nitrogen and oxygen atoms in total. The highest BCUT2D eigenvalue weighted by Crippen LogP contribution is 2.26.